The van der Waals surface area contributed by atoms with Crippen LogP contribution in [0.2, 0.25) is 10.0 Å². The van der Waals surface area contributed by atoms with Crippen molar-refractivity contribution in [3.05, 3.63) is 61.6 Å². The zero-order valence-electron chi connectivity index (χ0n) is 14.4. The van der Waals surface area contributed by atoms with E-state index >= 15 is 0 Å². The number of nitrogens with zero attached hydrogens (tertiary/aromatic N) is 2. The lowest BCUT2D eigenvalue weighted by Gasteiger charge is -2.18. The third-order valence-corrected chi connectivity index (χ3v) is 5.04. The van der Waals surface area contributed by atoms with Crippen molar-refractivity contribution in [1.82, 2.24) is 0 Å². The molecule has 0 aliphatic carbocycles. The highest BCUT2D eigenvalue weighted by atomic mass is 35.5. The Labute approximate surface area is 169 Å². The molecule has 0 saturated carbocycles. The molecule has 3 rings (SSSR count). The Bertz CT molecular complexity index is 974. The van der Waals surface area contributed by atoms with Crippen molar-refractivity contribution in [2.24, 2.45) is 0 Å². The lowest BCUT2D eigenvalue weighted by molar-refractivity contribution is -0.384. The summed E-state index contributed by atoms with van der Waals surface area (Å²) in [6.07, 6.45) is 1.92. The SMILES string of the molecule is O=C(Nc1cc(C(=O)O)c(Cl)cc1Cl)c1ccc(N2CCCC2)c([N+](=O)[O-])c1. The fourth-order valence-corrected chi connectivity index (χ4v) is 3.55. The van der Waals surface area contributed by atoms with Crippen LogP contribution in [0.25, 0.3) is 0 Å². The molecule has 10 heteroatoms. The van der Waals surface area contributed by atoms with Gasteiger partial charge in [-0.2, -0.15) is 0 Å². The molecule has 1 saturated heterocycles. The van der Waals surface area contributed by atoms with Crippen molar-refractivity contribution in [3.63, 3.8) is 0 Å². The highest BCUT2D eigenvalue weighted by Crippen LogP contribution is 2.33. The van der Waals surface area contributed by atoms with Crippen molar-refractivity contribution in [1.29, 1.82) is 0 Å². The zero-order valence-corrected chi connectivity index (χ0v) is 16.0. The van der Waals surface area contributed by atoms with E-state index in [1.165, 1.54) is 18.2 Å². The van der Waals surface area contributed by atoms with Crippen molar-refractivity contribution in [2.45, 2.75) is 12.8 Å². The van der Waals surface area contributed by atoms with Gasteiger partial charge in [-0.05, 0) is 37.1 Å². The predicted octanol–water partition coefficient (Wildman–Crippen LogP) is 4.45. The summed E-state index contributed by atoms with van der Waals surface area (Å²) in [7, 11) is 0. The number of aromatic carboxylic acids is 1. The van der Waals surface area contributed by atoms with Crippen LogP contribution in [0.15, 0.2) is 30.3 Å². The van der Waals surface area contributed by atoms with Crippen LogP contribution in [-0.2, 0) is 0 Å². The topological polar surface area (TPSA) is 113 Å². The van der Waals surface area contributed by atoms with E-state index in [1.807, 2.05) is 4.90 Å². The van der Waals surface area contributed by atoms with Gasteiger partial charge in [-0.15, -0.1) is 0 Å². The van der Waals surface area contributed by atoms with Crippen LogP contribution in [-0.4, -0.2) is 35.0 Å². The van der Waals surface area contributed by atoms with E-state index in [-0.39, 0.29) is 32.5 Å². The maximum Gasteiger partial charge on any atom is 0.337 e. The van der Waals surface area contributed by atoms with Gasteiger partial charge < -0.3 is 15.3 Å². The van der Waals surface area contributed by atoms with Crippen LogP contribution in [0, 0.1) is 10.1 Å². The third-order valence-electron chi connectivity index (χ3n) is 4.42. The minimum absolute atomic E-state index is 0.0414. The quantitative estimate of drug-likeness (QED) is 0.542. The van der Waals surface area contributed by atoms with Gasteiger partial charge in [0.15, 0.2) is 0 Å². The molecule has 146 valence electrons. The molecule has 1 fully saturated rings. The Hall–Kier alpha value is -2.84. The number of nitro groups is 1. The third kappa shape index (κ3) is 4.02. The summed E-state index contributed by atoms with van der Waals surface area (Å²) >= 11 is 11.9. The molecule has 1 aliphatic rings. The number of benzene rings is 2. The molecule has 0 aromatic heterocycles. The number of carboxylic acid groups (broad SMARTS) is 1. The molecule has 0 radical (unpaired) electrons. The highest BCUT2D eigenvalue weighted by Gasteiger charge is 2.24. The first kappa shape index (κ1) is 19.9. The molecule has 2 aromatic carbocycles. The van der Waals surface area contributed by atoms with Crippen molar-refractivity contribution < 1.29 is 19.6 Å². The number of hydrogen-bond acceptors (Lipinski definition) is 5. The maximum absolute atomic E-state index is 12.6. The van der Waals surface area contributed by atoms with Gasteiger partial charge in [0.2, 0.25) is 0 Å². The number of anilines is 2. The van der Waals surface area contributed by atoms with Crippen molar-refractivity contribution in [2.75, 3.05) is 23.3 Å². The molecule has 2 N–H and O–H groups in total. The predicted molar refractivity (Wildman–Crippen MR) is 106 cm³/mol. The smallest absolute Gasteiger partial charge is 0.337 e. The van der Waals surface area contributed by atoms with Crippen LogP contribution >= 0.6 is 23.2 Å². The van der Waals surface area contributed by atoms with Gasteiger partial charge in [0.1, 0.15) is 5.69 Å². The zero-order chi connectivity index (χ0) is 20.4. The summed E-state index contributed by atoms with van der Waals surface area (Å²) in [5, 5.41) is 23.1. The van der Waals surface area contributed by atoms with Crippen molar-refractivity contribution in [3.8, 4) is 0 Å². The van der Waals surface area contributed by atoms with Gasteiger partial charge in [0, 0.05) is 24.7 Å². The number of nitro benzene ring substituents is 1. The van der Waals surface area contributed by atoms with E-state index in [9.17, 15) is 19.7 Å². The van der Waals surface area contributed by atoms with E-state index in [2.05, 4.69) is 5.32 Å². The van der Waals surface area contributed by atoms with Gasteiger partial charge in [-0.25, -0.2) is 4.79 Å². The fourth-order valence-electron chi connectivity index (χ4n) is 3.04. The molecule has 0 spiro atoms. The van der Waals surface area contributed by atoms with Crippen molar-refractivity contribution >= 4 is 52.1 Å². The monoisotopic (exact) mass is 423 g/mol. The van der Waals surface area contributed by atoms with Crippen LogP contribution in [0.3, 0.4) is 0 Å². The fraction of sp³-hybridized carbons (Fsp3) is 0.222. The lowest BCUT2D eigenvalue weighted by atomic mass is 10.1. The molecule has 28 heavy (non-hydrogen) atoms. The number of nitrogens with one attached hydrogen (secondary N) is 1. The summed E-state index contributed by atoms with van der Waals surface area (Å²) in [4.78, 5) is 36.6. The van der Waals surface area contributed by atoms with Gasteiger partial charge >= 0.3 is 5.97 Å². The first-order chi connectivity index (χ1) is 13.3. The number of amides is 1. The minimum atomic E-state index is -1.28. The molecule has 0 unspecified atom stereocenters. The molecule has 8 nitrogen and oxygen atoms in total. The Morgan fingerprint density at radius 1 is 1.11 bits per heavy atom. The van der Waals surface area contributed by atoms with Gasteiger partial charge in [-0.3, -0.25) is 14.9 Å². The average Bonchev–Trinajstić information content (AvgIpc) is 3.17. The standard InChI is InChI=1S/C18H15Cl2N3O5/c19-12-9-13(20)14(8-11(12)18(25)26)21-17(24)10-3-4-15(16(7-10)23(27)28)22-5-1-2-6-22/h3-4,7-9H,1-2,5-6H2,(H,21,24)(H,25,26). The largest absolute Gasteiger partial charge is 0.478 e. The van der Waals surface area contributed by atoms with Crippen LogP contribution in [0.5, 0.6) is 0 Å². The number of halogens is 2. The molecule has 1 aliphatic heterocycles. The first-order valence-corrected chi connectivity index (χ1v) is 9.10. The second-order valence-electron chi connectivity index (χ2n) is 6.23. The minimum Gasteiger partial charge on any atom is -0.478 e. The average molecular weight is 424 g/mol. The Morgan fingerprint density at radius 3 is 2.39 bits per heavy atom. The second kappa shape index (κ2) is 8.04. The summed E-state index contributed by atoms with van der Waals surface area (Å²) in [5.41, 5.74) is 0.175. The summed E-state index contributed by atoms with van der Waals surface area (Å²) in [5.74, 6) is -1.93. The molecular formula is C18H15Cl2N3O5. The molecule has 2 aromatic rings. The molecule has 0 bridgehead atoms. The number of hydrogen-bond donors (Lipinski definition) is 2. The van der Waals surface area contributed by atoms with E-state index in [4.69, 9.17) is 28.3 Å². The lowest BCUT2D eigenvalue weighted by Crippen LogP contribution is -2.20. The van der Waals surface area contributed by atoms with E-state index in [1.54, 1.807) is 6.07 Å². The number of carbonyl (C=O) groups excluding carboxylic acids is 1. The molecule has 1 heterocycles. The van der Waals surface area contributed by atoms with E-state index in [0.717, 1.165) is 32.0 Å². The summed E-state index contributed by atoms with van der Waals surface area (Å²) in [6, 6.07) is 6.58. The maximum atomic E-state index is 12.6. The first-order valence-electron chi connectivity index (χ1n) is 8.35. The molecule has 1 amide bonds. The summed E-state index contributed by atoms with van der Waals surface area (Å²) < 4.78 is 0. The van der Waals surface area contributed by atoms with E-state index in [0.29, 0.717) is 5.69 Å². The number of carbonyl (C=O) groups is 2. The van der Waals surface area contributed by atoms with Crippen LogP contribution in [0.4, 0.5) is 17.1 Å². The Balaban J connectivity index is 1.91. The number of carboxylic acids is 1. The van der Waals surface area contributed by atoms with Gasteiger partial charge in [0.25, 0.3) is 11.6 Å². The van der Waals surface area contributed by atoms with Gasteiger partial charge in [-0.1, -0.05) is 23.2 Å². The summed E-state index contributed by atoms with van der Waals surface area (Å²) in [6.45, 7) is 1.45. The van der Waals surface area contributed by atoms with E-state index < -0.39 is 16.8 Å². The normalized spacial score (nSPS) is 13.4. The highest BCUT2D eigenvalue weighted by molar-refractivity contribution is 6.38. The Morgan fingerprint density at radius 2 is 1.79 bits per heavy atom. The second-order valence-corrected chi connectivity index (χ2v) is 7.04. The molecule has 0 atom stereocenters. The molecular weight excluding hydrogens is 409 g/mol. The Kier molecular flexibility index (Phi) is 5.71. The number of rotatable bonds is 5. The van der Waals surface area contributed by atoms with Gasteiger partial charge in [0.05, 0.1) is 26.2 Å². The van der Waals surface area contributed by atoms with Crippen LogP contribution < -0.4 is 10.2 Å². The van der Waals surface area contributed by atoms with Crippen LogP contribution in [0.1, 0.15) is 33.6 Å².